The Morgan fingerprint density at radius 2 is 1.57 bits per heavy atom. The topological polar surface area (TPSA) is 38.8 Å². The van der Waals surface area contributed by atoms with Gasteiger partial charge < -0.3 is 15.1 Å². The first kappa shape index (κ1) is 29.2. The molecule has 2 aliphatic rings. The van der Waals surface area contributed by atoms with Crippen molar-refractivity contribution in [1.82, 2.24) is 9.80 Å². The summed E-state index contributed by atoms with van der Waals surface area (Å²) in [6.07, 6.45) is 1.65. The van der Waals surface area contributed by atoms with Crippen LogP contribution in [-0.4, -0.2) is 73.1 Å². The van der Waals surface area contributed by atoms with Crippen LogP contribution in [0.1, 0.15) is 32.8 Å². The fourth-order valence-corrected chi connectivity index (χ4v) is 5.49. The predicted octanol–water partition coefficient (Wildman–Crippen LogP) is 6.10. The van der Waals surface area contributed by atoms with E-state index in [1.807, 2.05) is 11.8 Å². The lowest BCUT2D eigenvalue weighted by Gasteiger charge is -2.38. The minimum absolute atomic E-state index is 0. The maximum absolute atomic E-state index is 13.1. The zero-order chi connectivity index (χ0) is 25.7. The molecule has 0 radical (unpaired) electrons. The Kier molecular flexibility index (Phi) is 10.2. The summed E-state index contributed by atoms with van der Waals surface area (Å²) in [7, 11) is 0. The number of nitrogens with zero attached hydrogens (tertiary/aromatic N) is 3. The van der Waals surface area contributed by atoms with Gasteiger partial charge in [-0.2, -0.15) is 13.2 Å². The number of anilines is 2. The number of nitrogens with one attached hydrogen (secondary N) is 1. The first-order valence-corrected chi connectivity index (χ1v) is 13.4. The van der Waals surface area contributed by atoms with Crippen molar-refractivity contribution in [3.05, 3.63) is 54.1 Å². The van der Waals surface area contributed by atoms with Gasteiger partial charge in [0.25, 0.3) is 0 Å². The summed E-state index contributed by atoms with van der Waals surface area (Å²) in [5.74, 6) is 0.169. The third-order valence-corrected chi connectivity index (χ3v) is 7.73. The van der Waals surface area contributed by atoms with E-state index in [4.69, 9.17) is 0 Å². The molecule has 204 valence electrons. The molecule has 0 spiro atoms. The number of rotatable bonds is 7. The molecule has 2 aromatic carbocycles. The molecule has 4 rings (SSSR count). The summed E-state index contributed by atoms with van der Waals surface area (Å²) in [5.41, 5.74) is -0.940. The molecule has 0 aliphatic carbocycles. The van der Waals surface area contributed by atoms with Crippen molar-refractivity contribution in [2.24, 2.45) is 5.92 Å². The molecule has 1 unspecified atom stereocenters. The van der Waals surface area contributed by atoms with Gasteiger partial charge in [-0.1, -0.05) is 32.0 Å². The number of thioether (sulfide) groups is 1. The number of likely N-dealkylation sites (tertiary alicyclic amines) is 1. The average Bonchev–Trinajstić information content (AvgIpc) is 2.85. The summed E-state index contributed by atoms with van der Waals surface area (Å²) in [5, 5.41) is 3.40. The summed E-state index contributed by atoms with van der Waals surface area (Å²) in [6, 6.07) is 15.2. The number of benzene rings is 2. The van der Waals surface area contributed by atoms with Gasteiger partial charge in [-0.15, -0.1) is 0 Å². The lowest BCUT2D eigenvalue weighted by molar-refractivity contribution is -0.136. The molecule has 2 aromatic rings. The molecule has 37 heavy (non-hydrogen) atoms. The largest absolute Gasteiger partial charge is 0.446 e. The summed E-state index contributed by atoms with van der Waals surface area (Å²) >= 11 is -0.104. The Balaban J connectivity index is 0.00000380. The first-order chi connectivity index (χ1) is 17.2. The van der Waals surface area contributed by atoms with Crippen LogP contribution in [0.25, 0.3) is 0 Å². The highest BCUT2D eigenvalue weighted by Crippen LogP contribution is 2.37. The standard InChI is InChI=1S/C27H35F3N4OS.CH4/c1-20-3-7-24(8-4-20)33-17-15-32(16-18-33)19-21(2)26(35)34-13-11-23(12-14-34)31-22-5-9-25(10-6-22)36-27(28,29)30;/h3-10,21,23,31H,11-19H2,1-2H3;1H4. The lowest BCUT2D eigenvalue weighted by Crippen LogP contribution is -2.50. The number of alkyl halides is 3. The van der Waals surface area contributed by atoms with E-state index in [9.17, 15) is 18.0 Å². The van der Waals surface area contributed by atoms with E-state index in [1.165, 1.54) is 23.4 Å². The van der Waals surface area contributed by atoms with E-state index < -0.39 is 5.51 Å². The second-order valence-corrected chi connectivity index (χ2v) is 11.0. The Labute approximate surface area is 223 Å². The maximum Gasteiger partial charge on any atom is 0.446 e. The smallest absolute Gasteiger partial charge is 0.382 e. The molecule has 2 heterocycles. The van der Waals surface area contributed by atoms with Gasteiger partial charge >= 0.3 is 5.51 Å². The van der Waals surface area contributed by atoms with Crippen molar-refractivity contribution < 1.29 is 18.0 Å². The van der Waals surface area contributed by atoms with Crippen LogP contribution in [0.4, 0.5) is 24.5 Å². The molecule has 1 amide bonds. The number of carbonyl (C=O) groups excluding carboxylic acids is 1. The van der Waals surface area contributed by atoms with E-state index >= 15 is 0 Å². The molecule has 0 saturated carbocycles. The van der Waals surface area contributed by atoms with Gasteiger partial charge in [0.2, 0.25) is 5.91 Å². The van der Waals surface area contributed by atoms with Crippen LogP contribution < -0.4 is 10.2 Å². The van der Waals surface area contributed by atoms with Crippen molar-refractivity contribution in [1.29, 1.82) is 0 Å². The third-order valence-electron chi connectivity index (χ3n) is 6.99. The van der Waals surface area contributed by atoms with Crippen molar-refractivity contribution in [2.45, 2.75) is 50.6 Å². The predicted molar refractivity (Wildman–Crippen MR) is 147 cm³/mol. The first-order valence-electron chi connectivity index (χ1n) is 12.6. The minimum Gasteiger partial charge on any atom is -0.382 e. The SMILES string of the molecule is C.Cc1ccc(N2CCN(CC(C)C(=O)N3CCC(Nc4ccc(SC(F)(F)F)cc4)CC3)CC2)cc1. The summed E-state index contributed by atoms with van der Waals surface area (Å²) in [4.78, 5) is 20.0. The van der Waals surface area contributed by atoms with Crippen LogP contribution >= 0.6 is 11.8 Å². The van der Waals surface area contributed by atoms with Crippen molar-refractivity contribution in [3.63, 3.8) is 0 Å². The molecular weight excluding hydrogens is 497 g/mol. The van der Waals surface area contributed by atoms with Gasteiger partial charge in [-0.25, -0.2) is 0 Å². The van der Waals surface area contributed by atoms with Gasteiger partial charge in [0.05, 0.1) is 0 Å². The molecule has 0 bridgehead atoms. The quantitative estimate of drug-likeness (QED) is 0.433. The number of piperazine rings is 1. The number of carbonyl (C=O) groups is 1. The van der Waals surface area contributed by atoms with Gasteiger partial charge in [0.1, 0.15) is 0 Å². The zero-order valence-electron chi connectivity index (χ0n) is 20.9. The highest BCUT2D eigenvalue weighted by atomic mass is 32.2. The number of hydrogen-bond donors (Lipinski definition) is 1. The third kappa shape index (κ3) is 8.57. The summed E-state index contributed by atoms with van der Waals surface area (Å²) in [6.45, 7) is 10.2. The van der Waals surface area contributed by atoms with Crippen molar-refractivity contribution in [2.75, 3.05) is 56.0 Å². The second-order valence-electron chi connectivity index (χ2n) is 9.84. The van der Waals surface area contributed by atoms with Crippen LogP contribution in [-0.2, 0) is 4.79 Å². The molecule has 2 aliphatic heterocycles. The molecule has 9 heteroatoms. The Morgan fingerprint density at radius 3 is 2.14 bits per heavy atom. The molecule has 0 aromatic heterocycles. The van der Waals surface area contributed by atoms with Crippen LogP contribution in [0.15, 0.2) is 53.4 Å². The maximum atomic E-state index is 13.1. The van der Waals surface area contributed by atoms with Gasteiger partial charge in [0.15, 0.2) is 0 Å². The number of amides is 1. The second kappa shape index (κ2) is 12.9. The van der Waals surface area contributed by atoms with E-state index in [0.29, 0.717) is 13.1 Å². The molecule has 1 atom stereocenters. The van der Waals surface area contributed by atoms with Gasteiger partial charge in [-0.05, 0) is 67.9 Å². The minimum atomic E-state index is -4.28. The zero-order valence-corrected chi connectivity index (χ0v) is 21.7. The highest BCUT2D eigenvalue weighted by Gasteiger charge is 2.30. The van der Waals surface area contributed by atoms with Crippen LogP contribution in [0.5, 0.6) is 0 Å². The number of aryl methyl sites for hydroxylation is 1. The normalized spacial score (nSPS) is 18.3. The molecular formula is C28H39F3N4OS. The molecule has 5 nitrogen and oxygen atoms in total. The Bertz CT molecular complexity index is 984. The average molecular weight is 537 g/mol. The van der Waals surface area contributed by atoms with E-state index in [1.54, 1.807) is 12.1 Å². The fourth-order valence-electron chi connectivity index (χ4n) is 4.95. The monoisotopic (exact) mass is 536 g/mol. The molecule has 2 saturated heterocycles. The molecule has 1 N–H and O–H groups in total. The highest BCUT2D eigenvalue weighted by molar-refractivity contribution is 8.00. The number of halogens is 3. The Hall–Kier alpha value is -2.39. The number of hydrogen-bond acceptors (Lipinski definition) is 5. The lowest BCUT2D eigenvalue weighted by atomic mass is 10.0. The van der Waals surface area contributed by atoms with Crippen LogP contribution in [0, 0.1) is 12.8 Å². The van der Waals surface area contributed by atoms with E-state index in [2.05, 4.69) is 46.3 Å². The number of piperidine rings is 1. The van der Waals surface area contributed by atoms with E-state index in [-0.39, 0.29) is 42.0 Å². The van der Waals surface area contributed by atoms with Crippen molar-refractivity contribution >= 4 is 29.0 Å². The van der Waals surface area contributed by atoms with Gasteiger partial charge in [0, 0.05) is 74.0 Å². The summed E-state index contributed by atoms with van der Waals surface area (Å²) < 4.78 is 37.5. The van der Waals surface area contributed by atoms with Crippen LogP contribution in [0.2, 0.25) is 0 Å². The van der Waals surface area contributed by atoms with Crippen molar-refractivity contribution in [3.8, 4) is 0 Å². The van der Waals surface area contributed by atoms with E-state index in [0.717, 1.165) is 51.3 Å². The van der Waals surface area contributed by atoms with Gasteiger partial charge in [-0.3, -0.25) is 9.69 Å². The Morgan fingerprint density at radius 1 is 0.973 bits per heavy atom. The molecule has 2 fully saturated rings. The van der Waals surface area contributed by atoms with Crippen LogP contribution in [0.3, 0.4) is 0 Å². The fraction of sp³-hybridized carbons (Fsp3) is 0.536.